The molecule has 2 rings (SSSR count). The van der Waals surface area contributed by atoms with E-state index in [4.69, 9.17) is 4.42 Å². The number of amides is 2. The number of carbonyl (C=O) groups excluding carboxylic acids is 3. The summed E-state index contributed by atoms with van der Waals surface area (Å²) in [6.45, 7) is 3.65. The molecular weight excluding hydrogens is 324 g/mol. The van der Waals surface area contributed by atoms with E-state index in [9.17, 15) is 14.4 Å². The van der Waals surface area contributed by atoms with Crippen molar-refractivity contribution in [3.8, 4) is 0 Å². The quantitative estimate of drug-likeness (QED) is 0.785. The lowest BCUT2D eigenvalue weighted by atomic mass is 10.0. The fraction of sp³-hybridized carbons (Fsp3) is 0.278. The molecule has 1 unspecified atom stereocenters. The van der Waals surface area contributed by atoms with Gasteiger partial charge in [-0.05, 0) is 42.3 Å². The molecule has 1 heterocycles. The van der Waals surface area contributed by atoms with Gasteiger partial charge in [0.25, 0.3) is 5.91 Å². The van der Waals surface area contributed by atoms with Gasteiger partial charge in [-0.15, -0.1) is 0 Å². The molecule has 0 aliphatic rings. The molecule has 1 atom stereocenters. The molecule has 0 aliphatic carbocycles. The van der Waals surface area contributed by atoms with Crippen molar-refractivity contribution in [2.45, 2.75) is 19.9 Å². The van der Waals surface area contributed by atoms with Gasteiger partial charge in [0.1, 0.15) is 6.04 Å². The van der Waals surface area contributed by atoms with Gasteiger partial charge in [0.15, 0.2) is 5.76 Å². The molecule has 0 aliphatic heterocycles. The average molecular weight is 344 g/mol. The number of ether oxygens (including phenoxy) is 1. The van der Waals surface area contributed by atoms with E-state index in [-0.39, 0.29) is 17.6 Å². The van der Waals surface area contributed by atoms with Gasteiger partial charge in [-0.2, -0.15) is 0 Å². The van der Waals surface area contributed by atoms with Crippen LogP contribution in [0.15, 0.2) is 47.1 Å². The highest BCUT2D eigenvalue weighted by atomic mass is 16.5. The highest BCUT2D eigenvalue weighted by molar-refractivity contribution is 6.00. The predicted molar refractivity (Wildman–Crippen MR) is 91.2 cm³/mol. The van der Waals surface area contributed by atoms with Crippen LogP contribution in [0.3, 0.4) is 0 Å². The van der Waals surface area contributed by atoms with E-state index in [0.29, 0.717) is 11.3 Å². The minimum absolute atomic E-state index is 0.131. The van der Waals surface area contributed by atoms with Crippen molar-refractivity contribution >= 4 is 23.5 Å². The Morgan fingerprint density at radius 1 is 1.08 bits per heavy atom. The number of hydrogen-bond acceptors (Lipinski definition) is 5. The summed E-state index contributed by atoms with van der Waals surface area (Å²) >= 11 is 0. The Morgan fingerprint density at radius 3 is 2.28 bits per heavy atom. The van der Waals surface area contributed by atoms with Crippen molar-refractivity contribution in [3.05, 3.63) is 54.0 Å². The third-order valence-electron chi connectivity index (χ3n) is 3.55. The van der Waals surface area contributed by atoms with E-state index in [1.165, 1.54) is 19.4 Å². The SMILES string of the molecule is COC(=O)c1ccc(NC(=O)C(NC(=O)c2ccco2)C(C)C)cc1. The molecular formula is C18H20N2O5. The van der Waals surface area contributed by atoms with Crippen molar-refractivity contribution in [3.63, 3.8) is 0 Å². The van der Waals surface area contributed by atoms with E-state index in [0.717, 1.165) is 0 Å². The molecule has 0 saturated carbocycles. The van der Waals surface area contributed by atoms with Crippen molar-refractivity contribution in [1.82, 2.24) is 5.32 Å². The number of anilines is 1. The number of hydrogen-bond donors (Lipinski definition) is 2. The first-order valence-corrected chi connectivity index (χ1v) is 7.76. The van der Waals surface area contributed by atoms with Gasteiger partial charge in [-0.25, -0.2) is 4.79 Å². The predicted octanol–water partition coefficient (Wildman–Crippen LogP) is 2.46. The van der Waals surface area contributed by atoms with Gasteiger partial charge in [-0.1, -0.05) is 13.8 Å². The third-order valence-corrected chi connectivity index (χ3v) is 3.55. The van der Waals surface area contributed by atoms with Crippen LogP contribution in [0.1, 0.15) is 34.8 Å². The largest absolute Gasteiger partial charge is 0.465 e. The lowest BCUT2D eigenvalue weighted by molar-refractivity contribution is -0.118. The summed E-state index contributed by atoms with van der Waals surface area (Å²) in [6, 6.07) is 8.67. The maximum atomic E-state index is 12.5. The molecule has 0 bridgehead atoms. The van der Waals surface area contributed by atoms with Crippen LogP contribution < -0.4 is 10.6 Å². The summed E-state index contributed by atoms with van der Waals surface area (Å²) in [7, 11) is 1.30. The Morgan fingerprint density at radius 2 is 1.76 bits per heavy atom. The minimum atomic E-state index is -0.738. The van der Waals surface area contributed by atoms with E-state index >= 15 is 0 Å². The molecule has 1 aromatic carbocycles. The van der Waals surface area contributed by atoms with E-state index < -0.39 is 17.9 Å². The monoisotopic (exact) mass is 344 g/mol. The van der Waals surface area contributed by atoms with Gasteiger partial charge >= 0.3 is 5.97 Å². The second-order valence-corrected chi connectivity index (χ2v) is 5.73. The van der Waals surface area contributed by atoms with Crippen molar-refractivity contribution in [2.75, 3.05) is 12.4 Å². The lowest BCUT2D eigenvalue weighted by Crippen LogP contribution is -2.47. The lowest BCUT2D eigenvalue weighted by Gasteiger charge is -2.21. The van der Waals surface area contributed by atoms with Crippen LogP contribution in [-0.2, 0) is 9.53 Å². The summed E-state index contributed by atoms with van der Waals surface area (Å²) in [6.07, 6.45) is 1.39. The Hall–Kier alpha value is -3.09. The molecule has 2 aromatic rings. The Kier molecular flexibility index (Phi) is 5.94. The number of nitrogens with one attached hydrogen (secondary N) is 2. The van der Waals surface area contributed by atoms with E-state index in [1.807, 2.05) is 13.8 Å². The fourth-order valence-corrected chi connectivity index (χ4v) is 2.18. The summed E-state index contributed by atoms with van der Waals surface area (Å²) < 4.78 is 9.66. The number of carbonyl (C=O) groups is 3. The Bertz CT molecular complexity index is 735. The van der Waals surface area contributed by atoms with Gasteiger partial charge in [0.2, 0.25) is 5.91 Å². The zero-order chi connectivity index (χ0) is 18.4. The second kappa shape index (κ2) is 8.14. The molecule has 2 N–H and O–H groups in total. The first-order valence-electron chi connectivity index (χ1n) is 7.76. The van der Waals surface area contributed by atoms with Gasteiger partial charge < -0.3 is 19.8 Å². The summed E-state index contributed by atoms with van der Waals surface area (Å²) in [4.78, 5) is 36.0. The topological polar surface area (TPSA) is 97.6 Å². The molecule has 7 nitrogen and oxygen atoms in total. The van der Waals surface area contributed by atoms with Crippen LogP contribution in [0.5, 0.6) is 0 Å². The fourth-order valence-electron chi connectivity index (χ4n) is 2.18. The number of methoxy groups -OCH3 is 1. The van der Waals surface area contributed by atoms with Crippen LogP contribution in [0.2, 0.25) is 0 Å². The highest BCUT2D eigenvalue weighted by Crippen LogP contribution is 2.13. The van der Waals surface area contributed by atoms with Crippen LogP contribution in [-0.4, -0.2) is 30.9 Å². The Balaban J connectivity index is 2.05. The number of furan rings is 1. The summed E-state index contributed by atoms with van der Waals surface area (Å²) in [5, 5.41) is 5.38. The molecule has 2 amide bonds. The molecule has 0 fully saturated rings. The van der Waals surface area contributed by atoms with Gasteiger partial charge in [0, 0.05) is 5.69 Å². The van der Waals surface area contributed by atoms with Gasteiger partial charge in [-0.3, -0.25) is 9.59 Å². The maximum Gasteiger partial charge on any atom is 0.337 e. The number of rotatable bonds is 6. The Labute approximate surface area is 145 Å². The second-order valence-electron chi connectivity index (χ2n) is 5.73. The van der Waals surface area contributed by atoms with Crippen molar-refractivity contribution in [2.24, 2.45) is 5.92 Å². The van der Waals surface area contributed by atoms with Crippen molar-refractivity contribution < 1.29 is 23.5 Å². The molecule has 7 heteroatoms. The summed E-state index contributed by atoms with van der Waals surface area (Å²) in [5.74, 6) is -1.27. The van der Waals surface area contributed by atoms with E-state index in [1.54, 1.807) is 30.3 Å². The molecule has 25 heavy (non-hydrogen) atoms. The van der Waals surface area contributed by atoms with E-state index in [2.05, 4.69) is 15.4 Å². The molecule has 132 valence electrons. The average Bonchev–Trinajstić information content (AvgIpc) is 3.13. The molecule has 0 saturated heterocycles. The zero-order valence-electron chi connectivity index (χ0n) is 14.2. The van der Waals surface area contributed by atoms with Crippen LogP contribution in [0.4, 0.5) is 5.69 Å². The standard InChI is InChI=1S/C18H20N2O5/c1-11(2)15(20-16(21)14-5-4-10-25-14)17(22)19-13-8-6-12(7-9-13)18(23)24-3/h4-11,15H,1-3H3,(H,19,22)(H,20,21). The van der Waals surface area contributed by atoms with Crippen LogP contribution in [0, 0.1) is 5.92 Å². The smallest absolute Gasteiger partial charge is 0.337 e. The van der Waals surface area contributed by atoms with Crippen molar-refractivity contribution in [1.29, 1.82) is 0 Å². The normalized spacial score (nSPS) is 11.7. The van der Waals surface area contributed by atoms with Crippen LogP contribution >= 0.6 is 0 Å². The zero-order valence-corrected chi connectivity index (χ0v) is 14.2. The maximum absolute atomic E-state index is 12.5. The molecule has 1 aromatic heterocycles. The first kappa shape index (κ1) is 18.3. The number of esters is 1. The molecule has 0 radical (unpaired) electrons. The number of benzene rings is 1. The molecule has 0 spiro atoms. The third kappa shape index (κ3) is 4.69. The minimum Gasteiger partial charge on any atom is -0.465 e. The highest BCUT2D eigenvalue weighted by Gasteiger charge is 2.25. The van der Waals surface area contributed by atoms with Crippen LogP contribution in [0.25, 0.3) is 0 Å². The summed E-state index contributed by atoms with van der Waals surface area (Å²) in [5.41, 5.74) is 0.891. The first-order chi connectivity index (χ1) is 11.9. The van der Waals surface area contributed by atoms with Gasteiger partial charge in [0.05, 0.1) is 18.9 Å².